The second-order valence-electron chi connectivity index (χ2n) is 2.74. The molecule has 1 amide bonds. The van der Waals surface area contributed by atoms with Crippen LogP contribution in [0.3, 0.4) is 0 Å². The summed E-state index contributed by atoms with van der Waals surface area (Å²) in [6.45, 7) is 1.89. The van der Waals surface area contributed by atoms with Crippen molar-refractivity contribution in [1.29, 1.82) is 0 Å². The predicted molar refractivity (Wildman–Crippen MR) is 47.4 cm³/mol. The maximum atomic E-state index is 10.9. The molecule has 1 aromatic heterocycles. The van der Waals surface area contributed by atoms with Gasteiger partial charge in [0.05, 0.1) is 12.2 Å². The molecule has 0 aliphatic carbocycles. The van der Waals surface area contributed by atoms with Gasteiger partial charge < -0.3 is 15.3 Å². The molecule has 0 fully saturated rings. The summed E-state index contributed by atoms with van der Waals surface area (Å²) in [5, 5.41) is 8.65. The number of carbonyl (C=O) groups excluding carboxylic acids is 1. The lowest BCUT2D eigenvalue weighted by atomic mass is 10.2. The molecule has 0 radical (unpaired) electrons. The number of rotatable bonds is 4. The van der Waals surface area contributed by atoms with Crippen LogP contribution in [-0.2, 0) is 12.8 Å². The highest BCUT2D eigenvalue weighted by atomic mass is 16.3. The number of amides is 1. The molecule has 1 rings (SSSR count). The highest BCUT2D eigenvalue weighted by molar-refractivity contribution is 5.93. The van der Waals surface area contributed by atoms with Crippen LogP contribution in [0.4, 0.5) is 0 Å². The van der Waals surface area contributed by atoms with E-state index in [4.69, 9.17) is 15.3 Å². The molecule has 0 spiro atoms. The summed E-state index contributed by atoms with van der Waals surface area (Å²) in [6.07, 6.45) is 1.05. The van der Waals surface area contributed by atoms with Gasteiger partial charge in [0, 0.05) is 12.8 Å². The number of furan rings is 1. The molecule has 0 aliphatic rings. The summed E-state index contributed by atoms with van der Waals surface area (Å²) in [5.74, 6) is 0.717. The zero-order valence-electron chi connectivity index (χ0n) is 7.54. The molecular weight excluding hydrogens is 170 g/mol. The number of nitrogens with two attached hydrogens (primary N) is 1. The number of hydrogen-bond acceptors (Lipinski definition) is 3. The minimum absolute atomic E-state index is 0.00880. The van der Waals surface area contributed by atoms with Crippen LogP contribution in [-0.4, -0.2) is 17.6 Å². The number of primary amides is 1. The second-order valence-corrected chi connectivity index (χ2v) is 2.74. The van der Waals surface area contributed by atoms with Gasteiger partial charge in [-0.05, 0) is 6.07 Å². The number of aliphatic hydroxyl groups is 1. The van der Waals surface area contributed by atoms with E-state index in [9.17, 15) is 4.79 Å². The van der Waals surface area contributed by atoms with Crippen LogP contribution in [0.5, 0.6) is 0 Å². The third-order valence-electron chi connectivity index (χ3n) is 1.80. The number of aryl methyl sites for hydroxylation is 1. The first-order valence-electron chi connectivity index (χ1n) is 4.21. The molecule has 0 saturated heterocycles. The third-order valence-corrected chi connectivity index (χ3v) is 1.80. The first-order valence-corrected chi connectivity index (χ1v) is 4.21. The molecule has 13 heavy (non-hydrogen) atoms. The normalized spacial score (nSPS) is 10.3. The molecule has 72 valence electrons. The lowest BCUT2D eigenvalue weighted by Crippen LogP contribution is -2.11. The van der Waals surface area contributed by atoms with Gasteiger partial charge in [-0.1, -0.05) is 6.92 Å². The highest BCUT2D eigenvalue weighted by Gasteiger charge is 2.13. The molecule has 0 saturated carbocycles. The second kappa shape index (κ2) is 4.09. The van der Waals surface area contributed by atoms with Crippen LogP contribution in [0.25, 0.3) is 0 Å². The van der Waals surface area contributed by atoms with Crippen molar-refractivity contribution in [1.82, 2.24) is 0 Å². The van der Waals surface area contributed by atoms with Crippen LogP contribution < -0.4 is 5.73 Å². The molecule has 0 bridgehead atoms. The Bertz CT molecular complexity index is 304. The number of hydrogen-bond donors (Lipinski definition) is 2. The monoisotopic (exact) mass is 183 g/mol. The SMILES string of the molecule is CCc1oc(CCO)cc1C(N)=O. The van der Waals surface area contributed by atoms with E-state index in [0.29, 0.717) is 29.9 Å². The fourth-order valence-electron chi connectivity index (χ4n) is 1.19. The Labute approximate surface area is 76.3 Å². The van der Waals surface area contributed by atoms with Gasteiger partial charge in [-0.3, -0.25) is 4.79 Å². The van der Waals surface area contributed by atoms with Gasteiger partial charge in [-0.15, -0.1) is 0 Å². The number of carbonyl (C=O) groups is 1. The van der Waals surface area contributed by atoms with E-state index in [1.165, 1.54) is 0 Å². The average Bonchev–Trinajstić information content (AvgIpc) is 2.48. The van der Waals surface area contributed by atoms with E-state index >= 15 is 0 Å². The first-order chi connectivity index (χ1) is 6.19. The van der Waals surface area contributed by atoms with Gasteiger partial charge in [-0.25, -0.2) is 0 Å². The fourth-order valence-corrected chi connectivity index (χ4v) is 1.19. The molecule has 0 aliphatic heterocycles. The Kier molecular flexibility index (Phi) is 3.08. The van der Waals surface area contributed by atoms with Gasteiger partial charge in [-0.2, -0.15) is 0 Å². The van der Waals surface area contributed by atoms with Crippen molar-refractivity contribution in [3.8, 4) is 0 Å². The smallest absolute Gasteiger partial charge is 0.252 e. The molecule has 1 heterocycles. The van der Waals surface area contributed by atoms with E-state index in [-0.39, 0.29) is 6.61 Å². The quantitative estimate of drug-likeness (QED) is 0.712. The largest absolute Gasteiger partial charge is 0.465 e. The van der Waals surface area contributed by atoms with Crippen molar-refractivity contribution < 1.29 is 14.3 Å². The van der Waals surface area contributed by atoms with E-state index in [0.717, 1.165) is 0 Å². The van der Waals surface area contributed by atoms with Crippen molar-refractivity contribution in [3.05, 3.63) is 23.2 Å². The van der Waals surface area contributed by atoms with Crippen LogP contribution in [0, 0.1) is 0 Å². The van der Waals surface area contributed by atoms with E-state index in [1.807, 2.05) is 6.92 Å². The summed E-state index contributed by atoms with van der Waals surface area (Å²) in [4.78, 5) is 10.9. The summed E-state index contributed by atoms with van der Waals surface area (Å²) in [7, 11) is 0. The summed E-state index contributed by atoms with van der Waals surface area (Å²) in [6, 6.07) is 1.59. The first kappa shape index (κ1) is 9.80. The van der Waals surface area contributed by atoms with Gasteiger partial charge in [0.1, 0.15) is 11.5 Å². The third kappa shape index (κ3) is 2.09. The molecule has 3 N–H and O–H groups in total. The van der Waals surface area contributed by atoms with Crippen LogP contribution in [0.2, 0.25) is 0 Å². The Hall–Kier alpha value is -1.29. The molecule has 4 nitrogen and oxygen atoms in total. The zero-order chi connectivity index (χ0) is 9.84. The lowest BCUT2D eigenvalue weighted by molar-refractivity contribution is 0.0998. The predicted octanol–water partition coefficient (Wildman–Crippen LogP) is 0.476. The van der Waals surface area contributed by atoms with Gasteiger partial charge >= 0.3 is 0 Å². The lowest BCUT2D eigenvalue weighted by Gasteiger charge is -1.92. The standard InChI is InChI=1S/C9H13NO3/c1-2-8-7(9(10)12)5-6(13-8)3-4-11/h5,11H,2-4H2,1H3,(H2,10,12). The van der Waals surface area contributed by atoms with Gasteiger partial charge in [0.15, 0.2) is 0 Å². The highest BCUT2D eigenvalue weighted by Crippen LogP contribution is 2.15. The Morgan fingerprint density at radius 2 is 2.38 bits per heavy atom. The van der Waals surface area contributed by atoms with E-state index in [1.54, 1.807) is 6.07 Å². The molecule has 1 aromatic rings. The minimum atomic E-state index is -0.482. The van der Waals surface area contributed by atoms with E-state index in [2.05, 4.69) is 0 Å². The fraction of sp³-hybridized carbons (Fsp3) is 0.444. The zero-order valence-corrected chi connectivity index (χ0v) is 7.54. The van der Waals surface area contributed by atoms with Crippen molar-refractivity contribution in [2.75, 3.05) is 6.61 Å². The minimum Gasteiger partial charge on any atom is -0.465 e. The van der Waals surface area contributed by atoms with Crippen molar-refractivity contribution in [3.63, 3.8) is 0 Å². The maximum absolute atomic E-state index is 10.9. The molecule has 4 heteroatoms. The van der Waals surface area contributed by atoms with E-state index < -0.39 is 5.91 Å². The molecule has 0 aromatic carbocycles. The Morgan fingerprint density at radius 1 is 1.69 bits per heavy atom. The van der Waals surface area contributed by atoms with Crippen molar-refractivity contribution in [2.45, 2.75) is 19.8 Å². The topological polar surface area (TPSA) is 76.5 Å². The van der Waals surface area contributed by atoms with Crippen molar-refractivity contribution in [2.24, 2.45) is 5.73 Å². The Morgan fingerprint density at radius 3 is 2.77 bits per heavy atom. The molecule has 0 atom stereocenters. The number of aliphatic hydroxyl groups excluding tert-OH is 1. The summed E-state index contributed by atoms with van der Waals surface area (Å²) in [5.41, 5.74) is 5.56. The van der Waals surface area contributed by atoms with Crippen LogP contribution in [0.15, 0.2) is 10.5 Å². The maximum Gasteiger partial charge on any atom is 0.252 e. The Balaban J connectivity index is 2.97. The van der Waals surface area contributed by atoms with Crippen molar-refractivity contribution >= 4 is 5.91 Å². The van der Waals surface area contributed by atoms with Gasteiger partial charge in [0.25, 0.3) is 5.91 Å². The molecular formula is C9H13NO3. The molecule has 0 unspecified atom stereocenters. The van der Waals surface area contributed by atoms with Crippen LogP contribution in [0.1, 0.15) is 28.8 Å². The average molecular weight is 183 g/mol. The van der Waals surface area contributed by atoms with Gasteiger partial charge in [0.2, 0.25) is 0 Å². The summed E-state index contributed by atoms with van der Waals surface area (Å²) >= 11 is 0. The summed E-state index contributed by atoms with van der Waals surface area (Å²) < 4.78 is 5.30. The van der Waals surface area contributed by atoms with Crippen LogP contribution >= 0.6 is 0 Å².